The molecule has 0 bridgehead atoms. The molecule has 2 aliphatic rings. The molecule has 0 unspecified atom stereocenters. The molecular formula is C16H27N3O3. The highest BCUT2D eigenvalue weighted by Gasteiger charge is 2.43. The Hall–Kier alpha value is -1.59. The summed E-state index contributed by atoms with van der Waals surface area (Å²) in [5, 5.41) is 2.65. The van der Waals surface area contributed by atoms with Crippen molar-refractivity contribution in [2.75, 3.05) is 19.6 Å². The summed E-state index contributed by atoms with van der Waals surface area (Å²) >= 11 is 0. The summed E-state index contributed by atoms with van der Waals surface area (Å²) < 4.78 is 0. The molecule has 2 aliphatic heterocycles. The van der Waals surface area contributed by atoms with Crippen molar-refractivity contribution in [2.45, 2.75) is 52.5 Å². The Kier molecular flexibility index (Phi) is 4.78. The van der Waals surface area contributed by atoms with Gasteiger partial charge in [-0.05, 0) is 38.5 Å². The van der Waals surface area contributed by atoms with Gasteiger partial charge in [0.25, 0.3) is 5.91 Å². The molecule has 4 amide bonds. The van der Waals surface area contributed by atoms with Crippen molar-refractivity contribution >= 4 is 17.8 Å². The number of piperidine rings is 1. The minimum absolute atomic E-state index is 0.129. The second-order valence-electron chi connectivity index (χ2n) is 7.36. The van der Waals surface area contributed by atoms with Gasteiger partial charge in [-0.3, -0.25) is 14.5 Å². The topological polar surface area (TPSA) is 69.7 Å². The minimum atomic E-state index is -0.834. The van der Waals surface area contributed by atoms with E-state index in [1.807, 2.05) is 4.90 Å². The number of hydrogen-bond acceptors (Lipinski definition) is 3. The highest BCUT2D eigenvalue weighted by atomic mass is 16.2. The first-order chi connectivity index (χ1) is 10.2. The van der Waals surface area contributed by atoms with Crippen molar-refractivity contribution < 1.29 is 14.4 Å². The molecule has 22 heavy (non-hydrogen) atoms. The molecule has 0 radical (unpaired) electrons. The molecule has 0 aromatic carbocycles. The van der Waals surface area contributed by atoms with E-state index in [2.05, 4.69) is 19.2 Å². The number of nitrogens with zero attached hydrogens (tertiary/aromatic N) is 2. The first-order valence-electron chi connectivity index (χ1n) is 8.12. The van der Waals surface area contributed by atoms with Crippen LogP contribution in [0.4, 0.5) is 4.79 Å². The summed E-state index contributed by atoms with van der Waals surface area (Å²) in [6, 6.07) is -0.359. The summed E-state index contributed by atoms with van der Waals surface area (Å²) in [6.45, 7) is 9.66. The van der Waals surface area contributed by atoms with E-state index in [1.54, 1.807) is 13.8 Å². The van der Waals surface area contributed by atoms with Crippen LogP contribution < -0.4 is 5.32 Å². The second-order valence-corrected chi connectivity index (χ2v) is 7.36. The summed E-state index contributed by atoms with van der Waals surface area (Å²) in [6.07, 6.45) is 2.07. The van der Waals surface area contributed by atoms with Crippen molar-refractivity contribution in [3.8, 4) is 0 Å². The third kappa shape index (κ3) is 3.59. The van der Waals surface area contributed by atoms with Crippen LogP contribution in [-0.2, 0) is 9.59 Å². The largest absolute Gasteiger partial charge is 0.342 e. The lowest BCUT2D eigenvalue weighted by molar-refractivity contribution is -0.135. The molecule has 6 heteroatoms. The van der Waals surface area contributed by atoms with E-state index >= 15 is 0 Å². The number of amides is 4. The monoisotopic (exact) mass is 309 g/mol. The normalized spacial score (nSPS) is 28.0. The first-order valence-corrected chi connectivity index (χ1v) is 8.12. The Labute approximate surface area is 132 Å². The van der Waals surface area contributed by atoms with Gasteiger partial charge in [-0.15, -0.1) is 0 Å². The maximum atomic E-state index is 12.3. The average molecular weight is 309 g/mol. The maximum absolute atomic E-state index is 12.3. The van der Waals surface area contributed by atoms with E-state index in [9.17, 15) is 14.4 Å². The van der Waals surface area contributed by atoms with Crippen molar-refractivity contribution in [1.82, 2.24) is 15.1 Å². The third-order valence-corrected chi connectivity index (χ3v) is 4.44. The van der Waals surface area contributed by atoms with Crippen LogP contribution in [0.1, 0.15) is 47.0 Å². The number of rotatable bonds is 4. The van der Waals surface area contributed by atoms with Crippen molar-refractivity contribution in [2.24, 2.45) is 11.8 Å². The number of urea groups is 1. The molecule has 0 aromatic rings. The molecule has 124 valence electrons. The first kappa shape index (κ1) is 16.8. The van der Waals surface area contributed by atoms with E-state index < -0.39 is 5.54 Å². The Bertz CT molecular complexity index is 465. The standard InChI is InChI=1S/C16H27N3O3/c1-11-8-12(2)10-18(9-11)13(20)6-5-7-19-14(21)16(3,4)17-15(19)22/h11-12H,5-10H2,1-4H3,(H,17,22)/t11-,12-/m0/s1. The van der Waals surface area contributed by atoms with Crippen molar-refractivity contribution in [3.05, 3.63) is 0 Å². The lowest BCUT2D eigenvalue weighted by Crippen LogP contribution is -2.43. The van der Waals surface area contributed by atoms with Gasteiger partial charge >= 0.3 is 6.03 Å². The SMILES string of the molecule is C[C@H]1C[C@H](C)CN(C(=O)CCCN2C(=O)NC(C)(C)C2=O)C1. The highest BCUT2D eigenvalue weighted by Crippen LogP contribution is 2.22. The number of nitrogens with one attached hydrogen (secondary N) is 1. The number of likely N-dealkylation sites (tertiary alicyclic amines) is 1. The molecular weight excluding hydrogens is 282 g/mol. The zero-order valence-corrected chi connectivity index (χ0v) is 14.0. The van der Waals surface area contributed by atoms with Gasteiger partial charge in [0.15, 0.2) is 0 Å². The Morgan fingerprint density at radius 1 is 1.23 bits per heavy atom. The lowest BCUT2D eigenvalue weighted by Gasteiger charge is -2.35. The number of carbonyl (C=O) groups is 3. The van der Waals surface area contributed by atoms with Gasteiger partial charge in [-0.25, -0.2) is 4.79 Å². The second kappa shape index (κ2) is 6.26. The Morgan fingerprint density at radius 3 is 2.32 bits per heavy atom. The van der Waals surface area contributed by atoms with Gasteiger partial charge in [0.1, 0.15) is 5.54 Å². The van der Waals surface area contributed by atoms with E-state index in [0.29, 0.717) is 31.2 Å². The van der Waals surface area contributed by atoms with Crippen LogP contribution in [0.25, 0.3) is 0 Å². The fourth-order valence-corrected chi connectivity index (χ4v) is 3.43. The molecule has 0 spiro atoms. The van der Waals surface area contributed by atoms with Crippen LogP contribution in [0.15, 0.2) is 0 Å². The molecule has 2 rings (SSSR count). The Balaban J connectivity index is 1.80. The number of carbonyl (C=O) groups excluding carboxylic acids is 3. The minimum Gasteiger partial charge on any atom is -0.342 e. The molecule has 2 heterocycles. The summed E-state index contributed by atoms with van der Waals surface area (Å²) in [4.78, 5) is 39.2. The smallest absolute Gasteiger partial charge is 0.325 e. The van der Waals surface area contributed by atoms with Crippen LogP contribution in [-0.4, -0.2) is 52.8 Å². The molecule has 6 nitrogen and oxygen atoms in total. The van der Waals surface area contributed by atoms with Gasteiger partial charge < -0.3 is 10.2 Å². The highest BCUT2D eigenvalue weighted by molar-refractivity contribution is 6.06. The predicted octanol–water partition coefficient (Wildman–Crippen LogP) is 1.60. The molecule has 0 aliphatic carbocycles. The van der Waals surface area contributed by atoms with Gasteiger partial charge in [0, 0.05) is 26.1 Å². The van der Waals surface area contributed by atoms with Gasteiger partial charge in [-0.1, -0.05) is 13.8 Å². The molecule has 2 atom stereocenters. The van der Waals surface area contributed by atoms with Gasteiger partial charge in [0.05, 0.1) is 0 Å². The van der Waals surface area contributed by atoms with Crippen molar-refractivity contribution in [1.29, 1.82) is 0 Å². The fourth-order valence-electron chi connectivity index (χ4n) is 3.43. The van der Waals surface area contributed by atoms with E-state index in [0.717, 1.165) is 13.1 Å². The molecule has 0 aromatic heterocycles. The molecule has 2 saturated heterocycles. The van der Waals surface area contributed by atoms with E-state index in [-0.39, 0.29) is 17.8 Å². The lowest BCUT2D eigenvalue weighted by atomic mass is 9.91. The van der Waals surface area contributed by atoms with Crippen molar-refractivity contribution in [3.63, 3.8) is 0 Å². The van der Waals surface area contributed by atoms with Crippen LogP contribution in [0.3, 0.4) is 0 Å². The van der Waals surface area contributed by atoms with Crippen LogP contribution in [0.2, 0.25) is 0 Å². The number of imide groups is 1. The average Bonchev–Trinajstić information content (AvgIpc) is 2.59. The molecule has 2 fully saturated rings. The fraction of sp³-hybridized carbons (Fsp3) is 0.812. The van der Waals surface area contributed by atoms with E-state index in [1.165, 1.54) is 11.3 Å². The van der Waals surface area contributed by atoms with Gasteiger partial charge in [-0.2, -0.15) is 0 Å². The van der Waals surface area contributed by atoms with Crippen LogP contribution >= 0.6 is 0 Å². The zero-order chi connectivity index (χ0) is 16.5. The van der Waals surface area contributed by atoms with Gasteiger partial charge in [0.2, 0.25) is 5.91 Å². The predicted molar refractivity (Wildman–Crippen MR) is 83.1 cm³/mol. The van der Waals surface area contributed by atoms with Crippen LogP contribution in [0.5, 0.6) is 0 Å². The Morgan fingerprint density at radius 2 is 1.82 bits per heavy atom. The molecule has 1 N–H and O–H groups in total. The molecule has 0 saturated carbocycles. The summed E-state index contributed by atoms with van der Waals surface area (Å²) in [7, 11) is 0. The maximum Gasteiger partial charge on any atom is 0.325 e. The summed E-state index contributed by atoms with van der Waals surface area (Å²) in [5.41, 5.74) is -0.834. The zero-order valence-electron chi connectivity index (χ0n) is 14.0. The van der Waals surface area contributed by atoms with Crippen LogP contribution in [0, 0.1) is 11.8 Å². The quantitative estimate of drug-likeness (QED) is 0.802. The summed E-state index contributed by atoms with van der Waals surface area (Å²) in [5.74, 6) is 0.994. The van der Waals surface area contributed by atoms with E-state index in [4.69, 9.17) is 0 Å². The number of hydrogen-bond donors (Lipinski definition) is 1. The third-order valence-electron chi connectivity index (χ3n) is 4.44.